The Labute approximate surface area is 128 Å². The van der Waals surface area contributed by atoms with Crippen LogP contribution in [-0.4, -0.2) is 15.1 Å². The summed E-state index contributed by atoms with van der Waals surface area (Å²) >= 11 is 5.92. The molecular weight excluding hydrogens is 314 g/mol. The van der Waals surface area contributed by atoms with Gasteiger partial charge in [-0.15, -0.1) is 10.2 Å². The maximum atomic E-state index is 10.6. The Hall–Kier alpha value is -2.87. The minimum absolute atomic E-state index is 0.0226. The summed E-state index contributed by atoms with van der Waals surface area (Å²) in [4.78, 5) is 10.1. The van der Waals surface area contributed by atoms with E-state index in [-0.39, 0.29) is 34.8 Å². The second-order valence-electron chi connectivity index (χ2n) is 4.14. The monoisotopic (exact) mass is 321 g/mol. The van der Waals surface area contributed by atoms with Crippen LogP contribution in [0.25, 0.3) is 11.7 Å². The van der Waals surface area contributed by atoms with Gasteiger partial charge in [-0.25, -0.2) is 0 Å². The molecule has 0 atom stereocenters. The molecule has 112 valence electrons. The lowest BCUT2D eigenvalue weighted by Gasteiger charge is -2.04. The van der Waals surface area contributed by atoms with Gasteiger partial charge in [-0.1, -0.05) is 11.6 Å². The van der Waals surface area contributed by atoms with Gasteiger partial charge in [0.1, 0.15) is 5.75 Å². The van der Waals surface area contributed by atoms with Crippen molar-refractivity contribution in [2.75, 3.05) is 0 Å². The third-order valence-corrected chi connectivity index (χ3v) is 2.97. The summed E-state index contributed by atoms with van der Waals surface area (Å²) in [6, 6.07) is 7.30. The Bertz CT molecular complexity index is 800. The molecule has 0 aliphatic heterocycles. The van der Waals surface area contributed by atoms with Crippen LogP contribution in [0.2, 0.25) is 5.02 Å². The van der Waals surface area contributed by atoms with Crippen molar-refractivity contribution in [3.8, 4) is 17.4 Å². The lowest BCUT2D eigenvalue weighted by atomic mass is 10.3. The third kappa shape index (κ3) is 2.91. The third-order valence-electron chi connectivity index (χ3n) is 2.68. The number of ether oxygens (including phenoxy) is 1. The number of nitro benzene ring substituents is 1. The molecule has 0 aliphatic rings. The number of halogens is 1. The number of rotatable bonds is 5. The van der Waals surface area contributed by atoms with E-state index in [1.807, 2.05) is 0 Å². The SMILES string of the molecule is O=[N+]([O-])c1ccc(OCc2nnc(-c3ccco3)o2)c(Cl)c1. The van der Waals surface area contributed by atoms with Crippen LogP contribution in [0.1, 0.15) is 5.89 Å². The van der Waals surface area contributed by atoms with Crippen molar-refractivity contribution >= 4 is 17.3 Å². The molecule has 0 amide bonds. The molecular formula is C13H8ClN3O5. The molecule has 0 bridgehead atoms. The van der Waals surface area contributed by atoms with E-state index < -0.39 is 4.92 Å². The Morgan fingerprint density at radius 2 is 2.18 bits per heavy atom. The van der Waals surface area contributed by atoms with Crippen LogP contribution < -0.4 is 4.74 Å². The molecule has 0 saturated heterocycles. The van der Waals surface area contributed by atoms with Crippen LogP contribution in [0.3, 0.4) is 0 Å². The second-order valence-corrected chi connectivity index (χ2v) is 4.55. The largest absolute Gasteiger partial charge is 0.482 e. The van der Waals surface area contributed by atoms with Gasteiger partial charge in [0, 0.05) is 12.1 Å². The van der Waals surface area contributed by atoms with Gasteiger partial charge in [0.25, 0.3) is 17.5 Å². The Morgan fingerprint density at radius 1 is 1.32 bits per heavy atom. The van der Waals surface area contributed by atoms with Gasteiger partial charge in [0.15, 0.2) is 12.4 Å². The highest BCUT2D eigenvalue weighted by Crippen LogP contribution is 2.29. The average molecular weight is 322 g/mol. The molecule has 8 nitrogen and oxygen atoms in total. The zero-order valence-corrected chi connectivity index (χ0v) is 11.7. The topological polar surface area (TPSA) is 104 Å². The van der Waals surface area contributed by atoms with E-state index in [1.54, 1.807) is 12.1 Å². The van der Waals surface area contributed by atoms with Crippen molar-refractivity contribution in [3.63, 3.8) is 0 Å². The molecule has 2 heterocycles. The summed E-state index contributed by atoms with van der Waals surface area (Å²) in [5.74, 6) is 1.19. The molecule has 0 N–H and O–H groups in total. The normalized spacial score (nSPS) is 10.6. The van der Waals surface area contributed by atoms with E-state index in [1.165, 1.54) is 24.5 Å². The van der Waals surface area contributed by atoms with E-state index in [4.69, 9.17) is 25.2 Å². The number of benzene rings is 1. The van der Waals surface area contributed by atoms with Crippen molar-refractivity contribution in [1.29, 1.82) is 0 Å². The maximum absolute atomic E-state index is 10.6. The van der Waals surface area contributed by atoms with Crippen LogP contribution in [0.4, 0.5) is 5.69 Å². The van der Waals surface area contributed by atoms with Gasteiger partial charge in [-0.2, -0.15) is 0 Å². The predicted octanol–water partition coefficient (Wildman–Crippen LogP) is 3.47. The lowest BCUT2D eigenvalue weighted by molar-refractivity contribution is -0.384. The first-order valence-corrected chi connectivity index (χ1v) is 6.44. The Morgan fingerprint density at radius 3 is 2.86 bits per heavy atom. The fourth-order valence-corrected chi connectivity index (χ4v) is 1.90. The van der Waals surface area contributed by atoms with Gasteiger partial charge < -0.3 is 13.6 Å². The molecule has 0 unspecified atom stereocenters. The molecule has 3 rings (SSSR count). The van der Waals surface area contributed by atoms with Crippen LogP contribution in [0.5, 0.6) is 5.75 Å². The van der Waals surface area contributed by atoms with E-state index >= 15 is 0 Å². The van der Waals surface area contributed by atoms with Crippen LogP contribution in [0, 0.1) is 10.1 Å². The van der Waals surface area contributed by atoms with Gasteiger partial charge in [-0.3, -0.25) is 10.1 Å². The summed E-state index contributed by atoms with van der Waals surface area (Å²) in [6.45, 7) is -0.0226. The minimum atomic E-state index is -0.538. The number of nitro groups is 1. The fraction of sp³-hybridized carbons (Fsp3) is 0.0769. The van der Waals surface area contributed by atoms with Crippen molar-refractivity contribution in [2.45, 2.75) is 6.61 Å². The summed E-state index contributed by atoms with van der Waals surface area (Å²) in [5.41, 5.74) is -0.116. The Kier molecular flexibility index (Phi) is 3.75. The predicted molar refractivity (Wildman–Crippen MR) is 74.4 cm³/mol. The fourth-order valence-electron chi connectivity index (χ4n) is 1.67. The molecule has 0 spiro atoms. The van der Waals surface area contributed by atoms with Crippen molar-refractivity contribution in [2.24, 2.45) is 0 Å². The van der Waals surface area contributed by atoms with E-state index in [2.05, 4.69) is 10.2 Å². The summed E-state index contributed by atoms with van der Waals surface area (Å²) in [5, 5.41) is 18.4. The van der Waals surface area contributed by atoms with Crippen LogP contribution in [0.15, 0.2) is 45.4 Å². The van der Waals surface area contributed by atoms with Gasteiger partial charge >= 0.3 is 0 Å². The first-order chi connectivity index (χ1) is 10.6. The molecule has 0 aliphatic carbocycles. The number of non-ortho nitro benzene ring substituents is 1. The zero-order chi connectivity index (χ0) is 15.5. The molecule has 9 heteroatoms. The number of furan rings is 1. The minimum Gasteiger partial charge on any atom is -0.482 e. The second kappa shape index (κ2) is 5.86. The smallest absolute Gasteiger partial charge is 0.283 e. The van der Waals surface area contributed by atoms with Crippen molar-refractivity contribution in [3.05, 3.63) is 57.6 Å². The number of hydrogen-bond donors (Lipinski definition) is 0. The van der Waals surface area contributed by atoms with Gasteiger partial charge in [0.05, 0.1) is 16.2 Å². The van der Waals surface area contributed by atoms with Crippen molar-refractivity contribution < 1.29 is 18.5 Å². The molecule has 0 fully saturated rings. The van der Waals surface area contributed by atoms with E-state index in [0.717, 1.165) is 0 Å². The quantitative estimate of drug-likeness (QED) is 0.523. The van der Waals surface area contributed by atoms with Gasteiger partial charge in [0.2, 0.25) is 0 Å². The molecule has 22 heavy (non-hydrogen) atoms. The molecule has 0 saturated carbocycles. The molecule has 0 radical (unpaired) electrons. The number of nitrogens with zero attached hydrogens (tertiary/aromatic N) is 3. The van der Waals surface area contributed by atoms with E-state index in [0.29, 0.717) is 5.76 Å². The standard InChI is InChI=1S/C13H8ClN3O5/c14-9-6-8(17(18)19)3-4-10(9)21-7-12-15-16-13(22-12)11-2-1-5-20-11/h1-6H,7H2. The number of aromatic nitrogens is 2. The lowest BCUT2D eigenvalue weighted by Crippen LogP contribution is -1.97. The maximum Gasteiger partial charge on any atom is 0.283 e. The first kappa shape index (κ1) is 14.1. The molecule has 3 aromatic rings. The van der Waals surface area contributed by atoms with Crippen LogP contribution >= 0.6 is 11.6 Å². The first-order valence-electron chi connectivity index (χ1n) is 6.06. The molecule has 1 aromatic carbocycles. The highest BCUT2D eigenvalue weighted by atomic mass is 35.5. The molecule has 2 aromatic heterocycles. The highest BCUT2D eigenvalue weighted by Gasteiger charge is 2.13. The van der Waals surface area contributed by atoms with Crippen LogP contribution in [-0.2, 0) is 6.61 Å². The average Bonchev–Trinajstić information content (AvgIpc) is 3.16. The number of hydrogen-bond acceptors (Lipinski definition) is 7. The Balaban J connectivity index is 1.69. The summed E-state index contributed by atoms with van der Waals surface area (Å²) < 4.78 is 15.9. The van der Waals surface area contributed by atoms with E-state index in [9.17, 15) is 10.1 Å². The zero-order valence-electron chi connectivity index (χ0n) is 10.9. The van der Waals surface area contributed by atoms with Crippen molar-refractivity contribution in [1.82, 2.24) is 10.2 Å². The highest BCUT2D eigenvalue weighted by molar-refractivity contribution is 6.32. The van der Waals surface area contributed by atoms with Gasteiger partial charge in [-0.05, 0) is 18.2 Å². The summed E-state index contributed by atoms with van der Waals surface area (Å²) in [6.07, 6.45) is 1.49. The summed E-state index contributed by atoms with van der Waals surface area (Å²) in [7, 11) is 0.